The van der Waals surface area contributed by atoms with E-state index in [2.05, 4.69) is 133 Å². The lowest BCUT2D eigenvalue weighted by Gasteiger charge is -2.26. The lowest BCUT2D eigenvalue weighted by molar-refractivity contribution is -0.118. The summed E-state index contributed by atoms with van der Waals surface area (Å²) in [5.74, 6) is 1.72. The normalized spacial score (nSPS) is 10.7. The van der Waals surface area contributed by atoms with Crippen LogP contribution in [-0.4, -0.2) is 274 Å². The van der Waals surface area contributed by atoms with Crippen LogP contribution in [0.4, 0.5) is 71.4 Å². The van der Waals surface area contributed by atoms with Crippen LogP contribution >= 0.6 is 0 Å². The topological polar surface area (TPSA) is 444 Å². The van der Waals surface area contributed by atoms with Crippen LogP contribution in [-0.2, 0) is 85.5 Å². The SMILES string of the molecule is CCCCOCN(COC)c1nc(N(COCCCC)C(C)=O)nc(N(COCCCC)C(C)=O)n1.CCCCOCNc1nc(NCOCCCC)nc(NCOCCCC)n1.COCN(COC)c1nc(N(COC)C(C)=O)nc(N(COC)C(C)=O)n1.COCNc1nc(NCOC)nc(NCOC)n1. The van der Waals surface area contributed by atoms with Gasteiger partial charge in [-0.05, 0) is 38.5 Å². The van der Waals surface area contributed by atoms with Crippen molar-refractivity contribution in [3.8, 4) is 0 Å². The van der Waals surface area contributed by atoms with E-state index in [-0.39, 0.29) is 113 Å². The lowest BCUT2D eigenvalue weighted by atomic mass is 10.4. The van der Waals surface area contributed by atoms with Crippen molar-refractivity contribution in [1.29, 1.82) is 0 Å². The van der Waals surface area contributed by atoms with Gasteiger partial charge in [-0.3, -0.25) is 48.6 Å². The molecule has 4 aromatic heterocycles. The van der Waals surface area contributed by atoms with E-state index >= 15 is 0 Å². The van der Waals surface area contributed by atoms with Crippen LogP contribution < -0.4 is 61.3 Å². The molecule has 0 aliphatic carbocycles. The smallest absolute Gasteiger partial charge is 0.240 e. The first-order valence-electron chi connectivity index (χ1n) is 35.9. The van der Waals surface area contributed by atoms with Crippen molar-refractivity contribution in [2.75, 3.05) is 252 Å². The Balaban J connectivity index is 0.000000738. The van der Waals surface area contributed by atoms with Gasteiger partial charge < -0.3 is 98.2 Å². The number of methoxy groups -OCH3 is 8. The molecule has 0 unspecified atom stereocenters. The van der Waals surface area contributed by atoms with Gasteiger partial charge in [-0.2, -0.15) is 59.8 Å². The molecule has 42 heteroatoms. The van der Waals surface area contributed by atoms with Crippen LogP contribution in [0.25, 0.3) is 0 Å². The number of rotatable bonds is 58. The maximum Gasteiger partial charge on any atom is 0.240 e. The van der Waals surface area contributed by atoms with E-state index in [9.17, 15) is 19.2 Å². The Kier molecular flexibility index (Phi) is 57.6. The van der Waals surface area contributed by atoms with Crippen molar-refractivity contribution < 1.29 is 85.5 Å². The molecule has 4 aromatic rings. The number of carbonyl (C=O) groups is 4. The second kappa shape index (κ2) is 63.7. The van der Waals surface area contributed by atoms with Gasteiger partial charge in [0, 0.05) is 124 Å². The molecule has 0 aliphatic heterocycles. The van der Waals surface area contributed by atoms with Gasteiger partial charge in [-0.15, -0.1) is 0 Å². The molecule has 0 fully saturated rings. The number of ether oxygens (including phenoxy) is 14. The Bertz CT molecular complexity index is 2750. The van der Waals surface area contributed by atoms with Gasteiger partial charge in [-0.1, -0.05) is 80.1 Å². The highest BCUT2D eigenvalue weighted by Gasteiger charge is 2.27. The summed E-state index contributed by atoms with van der Waals surface area (Å²) in [5, 5.41) is 17.8. The third-order valence-corrected chi connectivity index (χ3v) is 13.6. The molecule has 0 spiro atoms. The predicted octanol–water partition coefficient (Wildman–Crippen LogP) is 6.46. The fourth-order valence-corrected chi connectivity index (χ4v) is 7.81. The molecule has 616 valence electrons. The molecule has 0 radical (unpaired) electrons. The Morgan fingerprint density at radius 3 is 0.676 bits per heavy atom. The number of aromatic nitrogens is 12. The zero-order chi connectivity index (χ0) is 80.0. The third kappa shape index (κ3) is 43.1. The number of anilines is 12. The molecular formula is C66H124N24O18. The zero-order valence-corrected chi connectivity index (χ0v) is 67.0. The number of carbonyl (C=O) groups excluding carboxylic acids is 4. The zero-order valence-electron chi connectivity index (χ0n) is 67.0. The average molecular weight is 1540 g/mol. The van der Waals surface area contributed by atoms with Gasteiger partial charge in [0.15, 0.2) is 0 Å². The highest BCUT2D eigenvalue weighted by atomic mass is 16.5. The quantitative estimate of drug-likeness (QED) is 0.0204. The summed E-state index contributed by atoms with van der Waals surface area (Å²) in [5.41, 5.74) is 0. The summed E-state index contributed by atoms with van der Waals surface area (Å²) >= 11 is 0. The standard InChI is InChI=1S/C24H44N6O6.C18H36N6O3.C15H26N6O6.C9H18N6O3/c1-7-10-13-34-17-28(16-33-6)22-25-23(29(20(4)31)18-35-14-11-8-2)27-24(26-22)30(21(5)32)19-36-15-12-9-3;1-4-7-10-25-13-19-16-22-17(20-14-26-11-8-5-2)24-18(23-16)21-15-27-12-9-6-3;1-11(22)20(9-26-5)14-16-13(19(7-24-3)8-25-4)17-15(18-14)21(10-27-6)12(2)23;1-16-4-10-7-13-8(11-5-17-2)15-9(14-7)12-6-18-3/h7-19H2,1-6H3;4-15H2,1-3H3,(H3,19,20,21,22,23,24);7-10H2,1-6H3;4-6H2,1-3H3,(H3,10,11,12,13,14,15). The minimum atomic E-state index is -0.342. The van der Waals surface area contributed by atoms with E-state index in [1.165, 1.54) is 75.7 Å². The first-order chi connectivity index (χ1) is 52.4. The first-order valence-corrected chi connectivity index (χ1v) is 35.9. The minimum Gasteiger partial charge on any atom is -0.364 e. The van der Waals surface area contributed by atoms with E-state index < -0.39 is 0 Å². The molecule has 42 nitrogen and oxygen atoms in total. The molecular weight excluding hydrogens is 1420 g/mol. The van der Waals surface area contributed by atoms with E-state index in [0.29, 0.717) is 116 Å². The van der Waals surface area contributed by atoms with E-state index in [0.717, 1.165) is 77.0 Å². The fourth-order valence-electron chi connectivity index (χ4n) is 7.81. The van der Waals surface area contributed by atoms with Crippen LogP contribution in [0.15, 0.2) is 0 Å². The highest BCUT2D eigenvalue weighted by Crippen LogP contribution is 2.23. The number of nitrogens with one attached hydrogen (secondary N) is 6. The van der Waals surface area contributed by atoms with Gasteiger partial charge in [-0.25, -0.2) is 0 Å². The fraction of sp³-hybridized carbons (Fsp3) is 0.758. The molecule has 0 saturated carbocycles. The molecule has 0 aromatic carbocycles. The summed E-state index contributed by atoms with van der Waals surface area (Å²) in [6, 6.07) is 0. The second-order valence-corrected chi connectivity index (χ2v) is 22.8. The third-order valence-electron chi connectivity index (χ3n) is 13.6. The van der Waals surface area contributed by atoms with Crippen molar-refractivity contribution in [3.05, 3.63) is 0 Å². The maximum absolute atomic E-state index is 12.5. The van der Waals surface area contributed by atoms with Gasteiger partial charge in [0.25, 0.3) is 0 Å². The van der Waals surface area contributed by atoms with Crippen LogP contribution in [0.3, 0.4) is 0 Å². The first kappa shape index (κ1) is 97.8. The molecule has 4 heterocycles. The average Bonchev–Trinajstić information content (AvgIpc) is 0.815. The van der Waals surface area contributed by atoms with Crippen molar-refractivity contribution in [2.24, 2.45) is 0 Å². The molecule has 0 bridgehead atoms. The maximum atomic E-state index is 12.5. The number of hydrogen-bond donors (Lipinski definition) is 6. The van der Waals surface area contributed by atoms with Gasteiger partial charge in [0.1, 0.15) is 94.2 Å². The van der Waals surface area contributed by atoms with E-state index in [4.69, 9.17) is 66.3 Å². The number of amides is 4. The summed E-state index contributed by atoms with van der Waals surface area (Å²) < 4.78 is 74.0. The van der Waals surface area contributed by atoms with Crippen LogP contribution in [0, 0.1) is 0 Å². The van der Waals surface area contributed by atoms with Gasteiger partial charge in [0.2, 0.25) is 95.0 Å². The highest BCUT2D eigenvalue weighted by molar-refractivity contribution is 5.92. The van der Waals surface area contributed by atoms with E-state index in [1.807, 2.05) is 0 Å². The number of hydrogen-bond acceptors (Lipinski definition) is 38. The Labute approximate surface area is 636 Å². The molecule has 6 N–H and O–H groups in total. The summed E-state index contributed by atoms with van der Waals surface area (Å²) in [6.45, 7) is 24.1. The monoisotopic (exact) mass is 1540 g/mol. The van der Waals surface area contributed by atoms with Crippen LogP contribution in [0.5, 0.6) is 0 Å². The number of unbranched alkanes of at least 4 members (excludes halogenated alkanes) is 6. The Hall–Kier alpha value is -8.24. The number of nitrogens with zero attached hydrogens (tertiary/aromatic N) is 18. The van der Waals surface area contributed by atoms with Crippen molar-refractivity contribution in [2.45, 2.75) is 146 Å². The summed E-state index contributed by atoms with van der Waals surface area (Å²) in [4.78, 5) is 109. The van der Waals surface area contributed by atoms with Crippen molar-refractivity contribution in [3.63, 3.8) is 0 Å². The van der Waals surface area contributed by atoms with Crippen molar-refractivity contribution >= 4 is 95.0 Å². The predicted molar refractivity (Wildman–Crippen MR) is 408 cm³/mol. The molecule has 0 saturated heterocycles. The Morgan fingerprint density at radius 1 is 0.250 bits per heavy atom. The largest absolute Gasteiger partial charge is 0.364 e. The summed E-state index contributed by atoms with van der Waals surface area (Å²) in [6.07, 6.45) is 12.0. The molecule has 108 heavy (non-hydrogen) atoms. The van der Waals surface area contributed by atoms with Gasteiger partial charge in [0.05, 0.1) is 0 Å². The molecule has 0 atom stereocenters. The van der Waals surface area contributed by atoms with Crippen LogP contribution in [0.2, 0.25) is 0 Å². The summed E-state index contributed by atoms with van der Waals surface area (Å²) in [7, 11) is 12.2. The van der Waals surface area contributed by atoms with Crippen LogP contribution in [0.1, 0.15) is 146 Å². The Morgan fingerprint density at radius 2 is 0.454 bits per heavy atom. The molecule has 4 amide bonds. The minimum absolute atomic E-state index is 0.0175. The van der Waals surface area contributed by atoms with Gasteiger partial charge >= 0.3 is 0 Å². The second-order valence-electron chi connectivity index (χ2n) is 22.8. The molecule has 4 rings (SSSR count). The van der Waals surface area contributed by atoms with E-state index in [1.54, 1.807) is 38.2 Å². The molecule has 0 aliphatic rings. The van der Waals surface area contributed by atoms with Crippen molar-refractivity contribution in [1.82, 2.24) is 59.8 Å². The lowest BCUT2D eigenvalue weighted by Crippen LogP contribution is -2.38.